The Morgan fingerprint density at radius 3 is 2.67 bits per heavy atom. The molecule has 0 fully saturated rings. The zero-order chi connectivity index (χ0) is 15.1. The summed E-state index contributed by atoms with van der Waals surface area (Å²) in [6.45, 7) is 5.25. The second-order valence-corrected chi connectivity index (χ2v) is 5.45. The van der Waals surface area contributed by atoms with Crippen molar-refractivity contribution in [3.63, 3.8) is 0 Å². The van der Waals surface area contributed by atoms with E-state index in [1.807, 2.05) is 6.07 Å². The van der Waals surface area contributed by atoms with Gasteiger partial charge in [0, 0.05) is 24.7 Å². The number of H-pyrrole nitrogens is 1. The van der Waals surface area contributed by atoms with E-state index in [2.05, 4.69) is 53.4 Å². The Labute approximate surface area is 125 Å². The van der Waals surface area contributed by atoms with E-state index in [1.54, 1.807) is 0 Å². The van der Waals surface area contributed by atoms with Crippen molar-refractivity contribution in [3.05, 3.63) is 58.5 Å². The average molecular weight is 285 g/mol. The van der Waals surface area contributed by atoms with Gasteiger partial charge in [0.15, 0.2) is 0 Å². The van der Waals surface area contributed by atoms with Crippen LogP contribution in [0.5, 0.6) is 0 Å². The van der Waals surface area contributed by atoms with Crippen LogP contribution in [0.3, 0.4) is 0 Å². The maximum absolute atomic E-state index is 11.3. The number of anilines is 1. The minimum Gasteiger partial charge on any atom is -0.355 e. The van der Waals surface area contributed by atoms with Crippen LogP contribution in [0.15, 0.2) is 47.4 Å². The summed E-state index contributed by atoms with van der Waals surface area (Å²) < 4.78 is 0. The van der Waals surface area contributed by atoms with Crippen molar-refractivity contribution in [2.75, 3.05) is 11.9 Å². The van der Waals surface area contributed by atoms with Crippen LogP contribution in [0.4, 0.5) is 5.95 Å². The lowest BCUT2D eigenvalue weighted by molar-refractivity contribution is 0.436. The average Bonchev–Trinajstić information content (AvgIpc) is 2.49. The van der Waals surface area contributed by atoms with E-state index in [4.69, 9.17) is 0 Å². The Kier molecular flexibility index (Phi) is 5.55. The zero-order valence-electron chi connectivity index (χ0n) is 12.7. The van der Waals surface area contributed by atoms with E-state index < -0.39 is 0 Å². The highest BCUT2D eigenvalue weighted by atomic mass is 16.1. The third-order valence-electron chi connectivity index (χ3n) is 3.82. The Morgan fingerprint density at radius 1 is 1.24 bits per heavy atom. The first-order chi connectivity index (χ1) is 10.2. The smallest absolute Gasteiger partial charge is 0.252 e. The lowest BCUT2D eigenvalue weighted by Gasteiger charge is -2.24. The number of rotatable bonds is 7. The van der Waals surface area contributed by atoms with E-state index in [1.165, 1.54) is 30.7 Å². The highest BCUT2D eigenvalue weighted by Gasteiger charge is 2.18. The molecule has 4 nitrogen and oxygen atoms in total. The van der Waals surface area contributed by atoms with Gasteiger partial charge in [-0.05, 0) is 11.5 Å². The molecule has 2 rings (SSSR count). The number of hydrogen-bond donors (Lipinski definition) is 2. The largest absolute Gasteiger partial charge is 0.355 e. The monoisotopic (exact) mass is 285 g/mol. The Bertz CT molecular complexity index is 594. The molecular weight excluding hydrogens is 262 g/mol. The topological polar surface area (TPSA) is 57.8 Å². The fourth-order valence-corrected chi connectivity index (χ4v) is 2.67. The third-order valence-corrected chi connectivity index (χ3v) is 3.82. The lowest BCUT2D eigenvalue weighted by Crippen LogP contribution is -2.21. The van der Waals surface area contributed by atoms with Gasteiger partial charge in [-0.2, -0.15) is 0 Å². The predicted octanol–water partition coefficient (Wildman–Crippen LogP) is 3.40. The quantitative estimate of drug-likeness (QED) is 0.819. The van der Waals surface area contributed by atoms with Crippen molar-refractivity contribution >= 4 is 5.95 Å². The molecule has 2 unspecified atom stereocenters. The molecule has 0 saturated carbocycles. The highest BCUT2D eigenvalue weighted by molar-refractivity contribution is 5.27. The molecule has 4 heteroatoms. The molecule has 0 aliphatic heterocycles. The molecule has 2 atom stereocenters. The third kappa shape index (κ3) is 4.45. The van der Waals surface area contributed by atoms with E-state index >= 15 is 0 Å². The molecule has 1 aromatic heterocycles. The Morgan fingerprint density at radius 2 is 2.00 bits per heavy atom. The van der Waals surface area contributed by atoms with Crippen molar-refractivity contribution in [2.24, 2.45) is 5.92 Å². The first-order valence-corrected chi connectivity index (χ1v) is 7.55. The number of aromatic amines is 1. The van der Waals surface area contributed by atoms with Crippen LogP contribution in [-0.4, -0.2) is 16.5 Å². The maximum Gasteiger partial charge on any atom is 0.252 e. The summed E-state index contributed by atoms with van der Waals surface area (Å²) in [5, 5.41) is 3.26. The zero-order valence-corrected chi connectivity index (χ0v) is 12.7. The normalized spacial score (nSPS) is 13.6. The molecule has 1 heterocycles. The van der Waals surface area contributed by atoms with Gasteiger partial charge in [-0.15, -0.1) is 0 Å². The summed E-state index contributed by atoms with van der Waals surface area (Å²) >= 11 is 0. The molecule has 0 saturated heterocycles. The molecule has 2 aromatic rings. The number of hydrogen-bond acceptors (Lipinski definition) is 3. The molecule has 0 bridgehead atoms. The minimum absolute atomic E-state index is 0.134. The van der Waals surface area contributed by atoms with Crippen LogP contribution in [0.2, 0.25) is 0 Å². The Hall–Kier alpha value is -2.10. The van der Waals surface area contributed by atoms with Crippen molar-refractivity contribution in [2.45, 2.75) is 32.6 Å². The van der Waals surface area contributed by atoms with Crippen LogP contribution in [0, 0.1) is 5.92 Å². The molecule has 0 aliphatic carbocycles. The van der Waals surface area contributed by atoms with Crippen LogP contribution >= 0.6 is 0 Å². The van der Waals surface area contributed by atoms with Gasteiger partial charge < -0.3 is 5.32 Å². The van der Waals surface area contributed by atoms with E-state index in [0.29, 0.717) is 17.8 Å². The molecule has 0 radical (unpaired) electrons. The molecular formula is C17H23N3O. The molecule has 0 spiro atoms. The van der Waals surface area contributed by atoms with E-state index in [-0.39, 0.29) is 5.56 Å². The fraction of sp³-hybridized carbons (Fsp3) is 0.412. The van der Waals surface area contributed by atoms with Gasteiger partial charge in [0.1, 0.15) is 0 Å². The van der Waals surface area contributed by atoms with Gasteiger partial charge in [-0.3, -0.25) is 9.78 Å². The first-order valence-electron chi connectivity index (χ1n) is 7.55. The van der Waals surface area contributed by atoms with Crippen LogP contribution in [-0.2, 0) is 0 Å². The summed E-state index contributed by atoms with van der Waals surface area (Å²) in [5.74, 6) is 1.50. The number of nitrogens with zero attached hydrogens (tertiary/aromatic N) is 1. The second kappa shape index (κ2) is 7.62. The van der Waals surface area contributed by atoms with Crippen LogP contribution in [0.25, 0.3) is 0 Å². The standard InChI is InChI=1S/C17H23N3O/c1-3-7-13(2)15(14-8-5-4-6-9-14)12-19-17-18-11-10-16(21)20-17/h4-6,8-11,13,15H,3,7,12H2,1-2H3,(H2,18,19,20,21). The van der Waals surface area contributed by atoms with Gasteiger partial charge >= 0.3 is 0 Å². The van der Waals surface area contributed by atoms with E-state index in [0.717, 1.165) is 6.54 Å². The number of benzene rings is 1. The van der Waals surface area contributed by atoms with Gasteiger partial charge in [0.2, 0.25) is 5.95 Å². The molecule has 0 aliphatic rings. The molecule has 21 heavy (non-hydrogen) atoms. The predicted molar refractivity (Wildman–Crippen MR) is 86.6 cm³/mol. The second-order valence-electron chi connectivity index (χ2n) is 5.45. The number of nitrogens with one attached hydrogen (secondary N) is 2. The maximum atomic E-state index is 11.3. The van der Waals surface area contributed by atoms with Gasteiger partial charge in [-0.1, -0.05) is 57.0 Å². The number of aromatic nitrogens is 2. The summed E-state index contributed by atoms with van der Waals surface area (Å²) in [6, 6.07) is 11.9. The summed E-state index contributed by atoms with van der Waals surface area (Å²) in [6.07, 6.45) is 3.87. The van der Waals surface area contributed by atoms with Gasteiger partial charge in [0.25, 0.3) is 5.56 Å². The Balaban J connectivity index is 2.11. The van der Waals surface area contributed by atoms with E-state index in [9.17, 15) is 4.79 Å². The van der Waals surface area contributed by atoms with Crippen molar-refractivity contribution in [1.29, 1.82) is 0 Å². The molecule has 0 amide bonds. The van der Waals surface area contributed by atoms with Crippen molar-refractivity contribution in [3.8, 4) is 0 Å². The molecule has 2 N–H and O–H groups in total. The lowest BCUT2D eigenvalue weighted by atomic mass is 9.84. The highest BCUT2D eigenvalue weighted by Crippen LogP contribution is 2.27. The molecule has 112 valence electrons. The van der Waals surface area contributed by atoms with Crippen LogP contribution < -0.4 is 10.9 Å². The first kappa shape index (κ1) is 15.3. The fourth-order valence-electron chi connectivity index (χ4n) is 2.67. The van der Waals surface area contributed by atoms with Crippen LogP contribution in [0.1, 0.15) is 38.2 Å². The summed E-state index contributed by atoms with van der Waals surface area (Å²) in [7, 11) is 0. The van der Waals surface area contributed by atoms with Gasteiger partial charge in [-0.25, -0.2) is 4.98 Å². The van der Waals surface area contributed by atoms with Crippen molar-refractivity contribution in [1.82, 2.24) is 9.97 Å². The molecule has 1 aromatic carbocycles. The summed E-state index contributed by atoms with van der Waals surface area (Å²) in [4.78, 5) is 18.2. The summed E-state index contributed by atoms with van der Waals surface area (Å²) in [5.41, 5.74) is 1.19. The minimum atomic E-state index is -0.134. The van der Waals surface area contributed by atoms with Gasteiger partial charge in [0.05, 0.1) is 0 Å². The van der Waals surface area contributed by atoms with Crippen molar-refractivity contribution < 1.29 is 0 Å². The SMILES string of the molecule is CCCC(C)C(CNc1nccc(=O)[nH]1)c1ccccc1.